The van der Waals surface area contributed by atoms with Gasteiger partial charge in [0, 0.05) is 12.6 Å². The standard InChI is InChI=1S/C12H20N2O5S/c15-11(16)7-10-8-20(18,19)6-5-14(10)12(17)13-9-3-1-2-4-9/h9-10H,1-8H2,(H,13,17)(H,15,16). The Hall–Kier alpha value is -1.31. The maximum absolute atomic E-state index is 12.2. The quantitative estimate of drug-likeness (QED) is 0.776. The van der Waals surface area contributed by atoms with Gasteiger partial charge in [0.25, 0.3) is 0 Å². The summed E-state index contributed by atoms with van der Waals surface area (Å²) in [7, 11) is -3.26. The SMILES string of the molecule is O=C(O)CC1CS(=O)(=O)CCN1C(=O)NC1CCCC1. The van der Waals surface area contributed by atoms with Crippen LogP contribution in [0.3, 0.4) is 0 Å². The number of rotatable bonds is 3. The van der Waals surface area contributed by atoms with Crippen molar-refractivity contribution in [3.8, 4) is 0 Å². The number of hydrogen-bond donors (Lipinski definition) is 2. The first-order valence-corrected chi connectivity index (χ1v) is 8.69. The van der Waals surface area contributed by atoms with Crippen LogP contribution in [-0.4, -0.2) is 60.6 Å². The van der Waals surface area contributed by atoms with Crippen molar-refractivity contribution >= 4 is 21.8 Å². The lowest BCUT2D eigenvalue weighted by Gasteiger charge is -2.35. The van der Waals surface area contributed by atoms with E-state index in [4.69, 9.17) is 5.11 Å². The van der Waals surface area contributed by atoms with Crippen molar-refractivity contribution in [3.63, 3.8) is 0 Å². The number of sulfone groups is 1. The molecule has 20 heavy (non-hydrogen) atoms. The van der Waals surface area contributed by atoms with Gasteiger partial charge in [0.2, 0.25) is 0 Å². The first kappa shape index (κ1) is 15.1. The summed E-state index contributed by atoms with van der Waals surface area (Å²) >= 11 is 0. The maximum Gasteiger partial charge on any atom is 0.317 e. The summed E-state index contributed by atoms with van der Waals surface area (Å²) in [5.41, 5.74) is 0. The third-order valence-electron chi connectivity index (χ3n) is 3.88. The first-order valence-electron chi connectivity index (χ1n) is 6.87. The topological polar surface area (TPSA) is 104 Å². The summed E-state index contributed by atoms with van der Waals surface area (Å²) in [6.45, 7) is 0.0683. The van der Waals surface area contributed by atoms with Gasteiger partial charge in [0.1, 0.15) is 0 Å². The molecule has 2 rings (SSSR count). The zero-order valence-corrected chi connectivity index (χ0v) is 12.1. The number of carboxylic acids is 1. The largest absolute Gasteiger partial charge is 0.481 e. The summed E-state index contributed by atoms with van der Waals surface area (Å²) < 4.78 is 23.2. The maximum atomic E-state index is 12.2. The predicted octanol–water partition coefficient (Wildman–Crippen LogP) is 0.212. The molecule has 1 heterocycles. The molecule has 0 bridgehead atoms. The Kier molecular flexibility index (Phi) is 4.52. The third kappa shape index (κ3) is 3.84. The average Bonchev–Trinajstić information content (AvgIpc) is 2.79. The Morgan fingerprint density at radius 3 is 2.50 bits per heavy atom. The van der Waals surface area contributed by atoms with Crippen LogP contribution < -0.4 is 5.32 Å². The summed E-state index contributed by atoms with van der Waals surface area (Å²) in [6, 6.07) is -0.975. The van der Waals surface area contributed by atoms with Crippen LogP contribution in [0.1, 0.15) is 32.1 Å². The number of aliphatic carboxylic acids is 1. The van der Waals surface area contributed by atoms with Crippen molar-refractivity contribution < 1.29 is 23.1 Å². The molecule has 0 aromatic carbocycles. The van der Waals surface area contributed by atoms with Crippen LogP contribution >= 0.6 is 0 Å². The van der Waals surface area contributed by atoms with Gasteiger partial charge in [-0.2, -0.15) is 0 Å². The molecule has 2 amide bonds. The monoisotopic (exact) mass is 304 g/mol. The van der Waals surface area contributed by atoms with E-state index >= 15 is 0 Å². The van der Waals surface area contributed by atoms with Crippen LogP contribution in [0.15, 0.2) is 0 Å². The fraction of sp³-hybridized carbons (Fsp3) is 0.833. The van der Waals surface area contributed by atoms with Gasteiger partial charge in [-0.05, 0) is 12.8 Å². The minimum absolute atomic E-state index is 0.0683. The molecule has 1 aliphatic heterocycles. The minimum Gasteiger partial charge on any atom is -0.481 e. The van der Waals surface area contributed by atoms with Gasteiger partial charge in [-0.3, -0.25) is 4.79 Å². The van der Waals surface area contributed by atoms with Crippen LogP contribution in [-0.2, 0) is 14.6 Å². The van der Waals surface area contributed by atoms with Gasteiger partial charge >= 0.3 is 12.0 Å². The van der Waals surface area contributed by atoms with E-state index in [1.54, 1.807) is 0 Å². The highest BCUT2D eigenvalue weighted by molar-refractivity contribution is 7.91. The lowest BCUT2D eigenvalue weighted by atomic mass is 10.2. The van der Waals surface area contributed by atoms with E-state index in [9.17, 15) is 18.0 Å². The highest BCUT2D eigenvalue weighted by atomic mass is 32.2. The van der Waals surface area contributed by atoms with Crippen molar-refractivity contribution in [2.75, 3.05) is 18.1 Å². The molecule has 0 radical (unpaired) electrons. The Morgan fingerprint density at radius 1 is 1.25 bits per heavy atom. The van der Waals surface area contributed by atoms with E-state index in [1.807, 2.05) is 0 Å². The molecule has 1 saturated heterocycles. The molecule has 7 nitrogen and oxygen atoms in total. The van der Waals surface area contributed by atoms with Crippen molar-refractivity contribution in [1.29, 1.82) is 0 Å². The normalized spacial score (nSPS) is 26.4. The molecule has 2 aliphatic rings. The van der Waals surface area contributed by atoms with E-state index in [2.05, 4.69) is 5.32 Å². The van der Waals surface area contributed by atoms with Gasteiger partial charge in [0.05, 0.1) is 24.0 Å². The number of nitrogens with zero attached hydrogens (tertiary/aromatic N) is 1. The Morgan fingerprint density at radius 2 is 1.90 bits per heavy atom. The van der Waals surface area contributed by atoms with Gasteiger partial charge in [-0.1, -0.05) is 12.8 Å². The molecule has 1 atom stereocenters. The molecule has 0 aromatic heterocycles. The van der Waals surface area contributed by atoms with Gasteiger partial charge < -0.3 is 15.3 Å². The number of nitrogens with one attached hydrogen (secondary N) is 1. The lowest BCUT2D eigenvalue weighted by molar-refractivity contribution is -0.138. The van der Waals surface area contributed by atoms with Crippen LogP contribution in [0.2, 0.25) is 0 Å². The fourth-order valence-corrected chi connectivity index (χ4v) is 4.38. The Labute approximate surface area is 118 Å². The van der Waals surface area contributed by atoms with Gasteiger partial charge in [-0.15, -0.1) is 0 Å². The molecule has 2 fully saturated rings. The zero-order valence-electron chi connectivity index (χ0n) is 11.2. The molecule has 2 N–H and O–H groups in total. The molecule has 1 saturated carbocycles. The van der Waals surface area contributed by atoms with Gasteiger partial charge in [-0.25, -0.2) is 13.2 Å². The summed E-state index contributed by atoms with van der Waals surface area (Å²) in [6.07, 6.45) is 3.69. The van der Waals surface area contributed by atoms with Crippen LogP contribution in [0.5, 0.6) is 0 Å². The van der Waals surface area contributed by atoms with Gasteiger partial charge in [0.15, 0.2) is 9.84 Å². The fourth-order valence-electron chi connectivity index (χ4n) is 2.85. The number of hydrogen-bond acceptors (Lipinski definition) is 4. The molecular formula is C12H20N2O5S. The molecule has 0 aromatic rings. The number of carbonyl (C=O) groups excluding carboxylic acids is 1. The molecule has 1 aliphatic carbocycles. The Balaban J connectivity index is 2.02. The van der Waals surface area contributed by atoms with Crippen molar-refractivity contribution in [3.05, 3.63) is 0 Å². The van der Waals surface area contributed by atoms with Crippen molar-refractivity contribution in [2.24, 2.45) is 0 Å². The molecule has 0 spiro atoms. The number of carbonyl (C=O) groups is 2. The zero-order chi connectivity index (χ0) is 14.8. The Bertz CT molecular complexity index is 484. The van der Waals surface area contributed by atoms with Crippen molar-refractivity contribution in [1.82, 2.24) is 10.2 Å². The highest BCUT2D eigenvalue weighted by Gasteiger charge is 2.36. The average molecular weight is 304 g/mol. The van der Waals surface area contributed by atoms with Crippen LogP contribution in [0.25, 0.3) is 0 Å². The van der Waals surface area contributed by atoms with E-state index in [1.165, 1.54) is 4.90 Å². The first-order chi connectivity index (χ1) is 9.37. The second kappa shape index (κ2) is 5.99. The summed E-state index contributed by atoms with van der Waals surface area (Å²) in [4.78, 5) is 24.4. The lowest BCUT2D eigenvalue weighted by Crippen LogP contribution is -2.56. The van der Waals surface area contributed by atoms with E-state index in [-0.39, 0.29) is 36.5 Å². The molecule has 1 unspecified atom stereocenters. The van der Waals surface area contributed by atoms with Crippen LogP contribution in [0.4, 0.5) is 4.79 Å². The molecule has 114 valence electrons. The van der Waals surface area contributed by atoms with Crippen molar-refractivity contribution in [2.45, 2.75) is 44.2 Å². The summed E-state index contributed by atoms with van der Waals surface area (Å²) in [5.74, 6) is -1.45. The number of urea groups is 1. The molecular weight excluding hydrogens is 284 g/mol. The smallest absolute Gasteiger partial charge is 0.317 e. The van der Waals surface area contributed by atoms with E-state index < -0.39 is 21.8 Å². The predicted molar refractivity (Wildman–Crippen MR) is 72.2 cm³/mol. The summed E-state index contributed by atoms with van der Waals surface area (Å²) in [5, 5.41) is 11.7. The number of amides is 2. The second-order valence-electron chi connectivity index (χ2n) is 5.49. The minimum atomic E-state index is -3.26. The second-order valence-corrected chi connectivity index (χ2v) is 7.72. The van der Waals surface area contributed by atoms with E-state index in [0.29, 0.717) is 0 Å². The van der Waals surface area contributed by atoms with E-state index in [0.717, 1.165) is 25.7 Å². The molecule has 8 heteroatoms. The third-order valence-corrected chi connectivity index (χ3v) is 5.58. The van der Waals surface area contributed by atoms with Crippen LogP contribution in [0, 0.1) is 0 Å². The number of carboxylic acid groups (broad SMARTS) is 1. The highest BCUT2D eigenvalue weighted by Crippen LogP contribution is 2.20.